The lowest BCUT2D eigenvalue weighted by atomic mass is 10.2. The molecule has 4 unspecified atom stereocenters. The van der Waals surface area contributed by atoms with Crippen molar-refractivity contribution in [2.24, 2.45) is 0 Å². The standard InChI is InChI=1S/C17H23ClN4O4/c1-17(2,3)26-15-13(25-15)19-5-6-22-10(11-14(23-4)24-11)7-9-8-20-16(18)21-12(9)22/h7-8,11,13-15,19H,5-6H2,1-4H3. The van der Waals surface area contributed by atoms with Crippen LogP contribution in [0.2, 0.25) is 5.28 Å². The van der Waals surface area contributed by atoms with E-state index in [4.69, 9.17) is 30.5 Å². The van der Waals surface area contributed by atoms with Gasteiger partial charge in [0.15, 0.2) is 24.9 Å². The Bertz CT molecular complexity index is 806. The SMILES string of the molecule is COC1OC1c1cc2cnc(Cl)nc2n1CCNC1OC1OC(C)(C)C. The molecule has 4 rings (SSSR count). The van der Waals surface area contributed by atoms with Crippen LogP contribution in [0.25, 0.3) is 11.0 Å². The van der Waals surface area contributed by atoms with Gasteiger partial charge in [0.05, 0.1) is 11.3 Å². The van der Waals surface area contributed by atoms with E-state index in [9.17, 15) is 0 Å². The van der Waals surface area contributed by atoms with Gasteiger partial charge in [-0.05, 0) is 38.4 Å². The van der Waals surface area contributed by atoms with Gasteiger partial charge >= 0.3 is 0 Å². The summed E-state index contributed by atoms with van der Waals surface area (Å²) in [5, 5.41) is 4.49. The van der Waals surface area contributed by atoms with E-state index in [2.05, 4.69) is 19.9 Å². The Morgan fingerprint density at radius 2 is 2.12 bits per heavy atom. The van der Waals surface area contributed by atoms with Crippen LogP contribution in [0.5, 0.6) is 0 Å². The Morgan fingerprint density at radius 1 is 1.31 bits per heavy atom. The van der Waals surface area contributed by atoms with Gasteiger partial charge in [0.25, 0.3) is 0 Å². The number of nitrogens with zero attached hydrogens (tertiary/aromatic N) is 3. The van der Waals surface area contributed by atoms with Crippen LogP contribution in [0.15, 0.2) is 12.3 Å². The number of hydrogen-bond donors (Lipinski definition) is 1. The van der Waals surface area contributed by atoms with Gasteiger partial charge in [-0.1, -0.05) is 0 Å². The molecule has 2 aliphatic heterocycles. The Labute approximate surface area is 156 Å². The van der Waals surface area contributed by atoms with Crippen molar-refractivity contribution in [1.82, 2.24) is 19.9 Å². The van der Waals surface area contributed by atoms with Gasteiger partial charge < -0.3 is 23.5 Å². The summed E-state index contributed by atoms with van der Waals surface area (Å²) in [6.45, 7) is 7.40. The van der Waals surface area contributed by atoms with Crippen molar-refractivity contribution < 1.29 is 18.9 Å². The molecule has 26 heavy (non-hydrogen) atoms. The van der Waals surface area contributed by atoms with Gasteiger partial charge in [0, 0.05) is 31.8 Å². The van der Waals surface area contributed by atoms with Crippen LogP contribution in [0.1, 0.15) is 32.6 Å². The third kappa shape index (κ3) is 3.85. The second-order valence-electron chi connectivity index (χ2n) is 7.41. The summed E-state index contributed by atoms with van der Waals surface area (Å²) in [5.74, 6) is 0. The Kier molecular flexibility index (Phi) is 4.66. The van der Waals surface area contributed by atoms with Crippen LogP contribution in [-0.2, 0) is 25.5 Å². The molecule has 0 spiro atoms. The molecule has 9 heteroatoms. The quantitative estimate of drug-likeness (QED) is 0.580. The average molecular weight is 383 g/mol. The molecule has 0 radical (unpaired) electrons. The average Bonchev–Trinajstić information content (AvgIpc) is 3.46. The molecule has 2 fully saturated rings. The van der Waals surface area contributed by atoms with Crippen LogP contribution in [0, 0.1) is 0 Å². The lowest BCUT2D eigenvalue weighted by Gasteiger charge is -2.17. The van der Waals surface area contributed by atoms with Crippen LogP contribution in [-0.4, -0.2) is 52.6 Å². The van der Waals surface area contributed by atoms with Crippen molar-refractivity contribution in [1.29, 1.82) is 0 Å². The van der Waals surface area contributed by atoms with E-state index in [0.29, 0.717) is 13.1 Å². The van der Waals surface area contributed by atoms with Crippen molar-refractivity contribution in [3.05, 3.63) is 23.2 Å². The van der Waals surface area contributed by atoms with Gasteiger partial charge in [-0.25, -0.2) is 4.98 Å². The predicted octanol–water partition coefficient (Wildman–Crippen LogP) is 2.22. The van der Waals surface area contributed by atoms with Crippen molar-refractivity contribution in [2.45, 2.75) is 57.8 Å². The summed E-state index contributed by atoms with van der Waals surface area (Å²) >= 11 is 5.98. The second-order valence-corrected chi connectivity index (χ2v) is 7.75. The smallest absolute Gasteiger partial charge is 0.224 e. The van der Waals surface area contributed by atoms with E-state index in [1.54, 1.807) is 13.3 Å². The third-order valence-electron chi connectivity index (χ3n) is 4.21. The molecule has 1 N–H and O–H groups in total. The van der Waals surface area contributed by atoms with Gasteiger partial charge in [-0.2, -0.15) is 4.98 Å². The van der Waals surface area contributed by atoms with Crippen LogP contribution in [0.4, 0.5) is 0 Å². The highest BCUT2D eigenvalue weighted by molar-refractivity contribution is 6.28. The van der Waals surface area contributed by atoms with Crippen molar-refractivity contribution in [3.63, 3.8) is 0 Å². The first-order chi connectivity index (χ1) is 12.4. The van der Waals surface area contributed by atoms with Gasteiger partial charge in [-0.3, -0.25) is 5.32 Å². The molecule has 4 atom stereocenters. The number of nitrogens with one attached hydrogen (secondary N) is 1. The van der Waals surface area contributed by atoms with Gasteiger partial charge in [-0.15, -0.1) is 0 Å². The minimum Gasteiger partial charge on any atom is -0.353 e. The molecule has 2 aliphatic rings. The number of methoxy groups -OCH3 is 1. The molecule has 0 bridgehead atoms. The maximum Gasteiger partial charge on any atom is 0.224 e. The molecule has 142 valence electrons. The number of hydrogen-bond acceptors (Lipinski definition) is 7. The zero-order chi connectivity index (χ0) is 18.5. The molecular formula is C17H23ClN4O4. The number of epoxide rings is 2. The minimum atomic E-state index is -0.225. The lowest BCUT2D eigenvalue weighted by Crippen LogP contribution is -2.29. The number of ether oxygens (including phenoxy) is 4. The highest BCUT2D eigenvalue weighted by atomic mass is 35.5. The Hall–Kier alpha value is -1.29. The summed E-state index contributed by atoms with van der Waals surface area (Å²) in [7, 11) is 1.63. The Morgan fingerprint density at radius 3 is 2.81 bits per heavy atom. The molecule has 0 saturated carbocycles. The largest absolute Gasteiger partial charge is 0.353 e. The molecule has 2 aromatic rings. The fourth-order valence-corrected chi connectivity index (χ4v) is 3.13. The maximum atomic E-state index is 5.98. The van der Waals surface area contributed by atoms with Gasteiger partial charge in [0.1, 0.15) is 5.65 Å². The van der Waals surface area contributed by atoms with Gasteiger partial charge in [0.2, 0.25) is 5.28 Å². The number of fused-ring (bicyclic) bond motifs is 1. The third-order valence-corrected chi connectivity index (χ3v) is 4.40. The van der Waals surface area contributed by atoms with Crippen LogP contribution >= 0.6 is 11.6 Å². The normalized spacial score (nSPS) is 27.9. The molecule has 2 aromatic heterocycles. The first-order valence-corrected chi connectivity index (χ1v) is 9.00. The molecule has 4 heterocycles. The van der Waals surface area contributed by atoms with E-state index in [-0.39, 0.29) is 35.8 Å². The Balaban J connectivity index is 1.44. The summed E-state index contributed by atoms with van der Waals surface area (Å²) in [4.78, 5) is 8.43. The van der Waals surface area contributed by atoms with Crippen molar-refractivity contribution >= 4 is 22.6 Å². The van der Waals surface area contributed by atoms with E-state index >= 15 is 0 Å². The lowest BCUT2D eigenvalue weighted by molar-refractivity contribution is -0.0571. The molecule has 8 nitrogen and oxygen atoms in total. The number of halogens is 1. The highest BCUT2D eigenvalue weighted by Gasteiger charge is 2.44. The fraction of sp³-hybridized carbons (Fsp3) is 0.647. The molecular weight excluding hydrogens is 360 g/mol. The first-order valence-electron chi connectivity index (χ1n) is 8.62. The van der Waals surface area contributed by atoms with Crippen LogP contribution < -0.4 is 5.32 Å². The highest BCUT2D eigenvalue weighted by Crippen LogP contribution is 2.41. The molecule has 0 aliphatic carbocycles. The minimum absolute atomic E-state index is 0.0818. The molecule has 0 amide bonds. The number of aromatic nitrogens is 3. The van der Waals surface area contributed by atoms with Crippen molar-refractivity contribution in [2.75, 3.05) is 13.7 Å². The van der Waals surface area contributed by atoms with E-state index in [1.807, 2.05) is 26.8 Å². The van der Waals surface area contributed by atoms with E-state index in [1.165, 1.54) is 0 Å². The monoisotopic (exact) mass is 382 g/mol. The second kappa shape index (κ2) is 6.70. The maximum absolute atomic E-state index is 5.98. The fourth-order valence-electron chi connectivity index (χ4n) is 3.00. The summed E-state index contributed by atoms with van der Waals surface area (Å²) < 4.78 is 24.2. The first kappa shape index (κ1) is 18.1. The summed E-state index contributed by atoms with van der Waals surface area (Å²) in [5.41, 5.74) is 1.56. The molecule has 2 saturated heterocycles. The topological polar surface area (TPSA) is 86.3 Å². The van der Waals surface area contributed by atoms with Crippen molar-refractivity contribution in [3.8, 4) is 0 Å². The van der Waals surface area contributed by atoms with E-state index in [0.717, 1.165) is 16.7 Å². The van der Waals surface area contributed by atoms with Crippen LogP contribution in [0.3, 0.4) is 0 Å². The summed E-state index contributed by atoms with van der Waals surface area (Å²) in [6.07, 6.45) is 1.13. The van der Waals surface area contributed by atoms with E-state index < -0.39 is 0 Å². The summed E-state index contributed by atoms with van der Waals surface area (Å²) in [6, 6.07) is 2.02. The predicted molar refractivity (Wildman–Crippen MR) is 94.7 cm³/mol. The zero-order valence-corrected chi connectivity index (χ0v) is 16.0. The number of rotatable bonds is 7. The molecule has 0 aromatic carbocycles. The zero-order valence-electron chi connectivity index (χ0n) is 15.2.